The van der Waals surface area contributed by atoms with E-state index >= 15 is 0 Å². The van der Waals surface area contributed by atoms with Gasteiger partial charge in [0.2, 0.25) is 0 Å². The average Bonchev–Trinajstić information content (AvgIpc) is 2.66. The van der Waals surface area contributed by atoms with Crippen LogP contribution in [0.5, 0.6) is 0 Å². The lowest BCUT2D eigenvalue weighted by Crippen LogP contribution is -2.29. The predicted octanol–water partition coefficient (Wildman–Crippen LogP) is 2.04. The maximum Gasteiger partial charge on any atom is 0.306 e. The van der Waals surface area contributed by atoms with E-state index in [4.69, 9.17) is 5.11 Å². The van der Waals surface area contributed by atoms with E-state index in [0.717, 1.165) is 45.2 Å². The Labute approximate surface area is 91.6 Å². The van der Waals surface area contributed by atoms with Gasteiger partial charge in [0.05, 0.1) is 5.92 Å². The number of carbonyl (C=O) groups is 1. The third-order valence-electron chi connectivity index (χ3n) is 3.14. The van der Waals surface area contributed by atoms with Crippen LogP contribution in [0.4, 0.5) is 0 Å². The Bertz CT molecular complexity index is 216. The summed E-state index contributed by atoms with van der Waals surface area (Å²) in [7, 11) is 0. The molecule has 0 aliphatic heterocycles. The van der Waals surface area contributed by atoms with Crippen molar-refractivity contribution in [1.29, 1.82) is 0 Å². The number of rotatable bonds is 7. The van der Waals surface area contributed by atoms with Gasteiger partial charge in [0.1, 0.15) is 0 Å². The van der Waals surface area contributed by atoms with Gasteiger partial charge in [0.25, 0.3) is 0 Å². The largest absolute Gasteiger partial charge is 0.481 e. The van der Waals surface area contributed by atoms with Gasteiger partial charge in [-0.15, -0.1) is 6.58 Å². The maximum absolute atomic E-state index is 10.9. The van der Waals surface area contributed by atoms with Crippen molar-refractivity contribution in [2.24, 2.45) is 11.8 Å². The molecule has 0 aromatic rings. The molecule has 0 radical (unpaired) electrons. The fourth-order valence-electron chi connectivity index (χ4n) is 2.27. The molecule has 3 nitrogen and oxygen atoms in total. The Morgan fingerprint density at radius 3 is 3.00 bits per heavy atom. The van der Waals surface area contributed by atoms with Crippen LogP contribution in [0, 0.1) is 11.8 Å². The molecule has 0 spiro atoms. The summed E-state index contributed by atoms with van der Waals surface area (Å²) in [5.74, 6) is -0.395. The van der Waals surface area contributed by atoms with Crippen LogP contribution < -0.4 is 5.32 Å². The van der Waals surface area contributed by atoms with Gasteiger partial charge in [-0.05, 0) is 44.7 Å². The van der Waals surface area contributed by atoms with Gasteiger partial charge in [0.15, 0.2) is 0 Å². The lowest BCUT2D eigenvalue weighted by atomic mass is 9.96. The highest BCUT2D eigenvalue weighted by Crippen LogP contribution is 2.31. The summed E-state index contributed by atoms with van der Waals surface area (Å²) in [6, 6.07) is 0. The lowest BCUT2D eigenvalue weighted by molar-refractivity contribution is -0.142. The first-order chi connectivity index (χ1) is 7.25. The van der Waals surface area contributed by atoms with Crippen LogP contribution in [0.3, 0.4) is 0 Å². The lowest BCUT2D eigenvalue weighted by Gasteiger charge is -2.16. The molecule has 1 fully saturated rings. The fraction of sp³-hybridized carbons (Fsp3) is 0.750. The van der Waals surface area contributed by atoms with Gasteiger partial charge in [-0.1, -0.05) is 12.5 Å². The fourth-order valence-corrected chi connectivity index (χ4v) is 2.27. The van der Waals surface area contributed by atoms with Gasteiger partial charge >= 0.3 is 5.97 Å². The smallest absolute Gasteiger partial charge is 0.306 e. The molecule has 0 amide bonds. The Morgan fingerprint density at radius 1 is 1.53 bits per heavy atom. The van der Waals surface area contributed by atoms with Crippen LogP contribution in [-0.4, -0.2) is 24.2 Å². The highest BCUT2D eigenvalue weighted by atomic mass is 16.4. The van der Waals surface area contributed by atoms with Crippen LogP contribution in [-0.2, 0) is 4.79 Å². The van der Waals surface area contributed by atoms with E-state index in [1.165, 1.54) is 0 Å². The van der Waals surface area contributed by atoms with E-state index in [1.54, 1.807) is 0 Å². The van der Waals surface area contributed by atoms with Crippen LogP contribution in [0.25, 0.3) is 0 Å². The quantitative estimate of drug-likeness (QED) is 0.500. The van der Waals surface area contributed by atoms with E-state index in [2.05, 4.69) is 11.9 Å². The third-order valence-corrected chi connectivity index (χ3v) is 3.14. The van der Waals surface area contributed by atoms with E-state index in [9.17, 15) is 4.79 Å². The minimum Gasteiger partial charge on any atom is -0.481 e. The standard InChI is InChI=1S/C12H21NO2/c1-2-3-4-8-13-9-10-6-5-7-11(10)12(14)15/h2,10-11,13H,1,3-9H2,(H,14,15). The van der Waals surface area contributed by atoms with Crippen molar-refractivity contribution in [2.75, 3.05) is 13.1 Å². The van der Waals surface area contributed by atoms with Gasteiger partial charge in [-0.2, -0.15) is 0 Å². The summed E-state index contributed by atoms with van der Waals surface area (Å²) in [6.07, 6.45) is 7.01. The third kappa shape index (κ3) is 4.04. The minimum atomic E-state index is -0.620. The molecule has 1 aliphatic rings. The molecule has 0 saturated heterocycles. The number of aliphatic carboxylic acids is 1. The minimum absolute atomic E-state index is 0.114. The first-order valence-electron chi connectivity index (χ1n) is 5.80. The number of hydrogen-bond acceptors (Lipinski definition) is 2. The molecule has 2 atom stereocenters. The summed E-state index contributed by atoms with van der Waals surface area (Å²) in [5.41, 5.74) is 0. The second-order valence-electron chi connectivity index (χ2n) is 4.27. The van der Waals surface area contributed by atoms with Crippen LogP contribution in [0.1, 0.15) is 32.1 Å². The predicted molar refractivity (Wildman–Crippen MR) is 60.8 cm³/mol. The Morgan fingerprint density at radius 2 is 2.33 bits per heavy atom. The van der Waals surface area contributed by atoms with Gasteiger partial charge in [-0.3, -0.25) is 4.79 Å². The van der Waals surface area contributed by atoms with Gasteiger partial charge < -0.3 is 10.4 Å². The second-order valence-corrected chi connectivity index (χ2v) is 4.27. The molecule has 2 unspecified atom stereocenters. The SMILES string of the molecule is C=CCCCNCC1CCCC1C(=O)O. The monoisotopic (exact) mass is 211 g/mol. The zero-order chi connectivity index (χ0) is 11.1. The van der Waals surface area contributed by atoms with Gasteiger partial charge in [0, 0.05) is 0 Å². The second kappa shape index (κ2) is 6.62. The van der Waals surface area contributed by atoms with Gasteiger partial charge in [-0.25, -0.2) is 0 Å². The highest BCUT2D eigenvalue weighted by Gasteiger charge is 2.32. The molecular weight excluding hydrogens is 190 g/mol. The number of allylic oxidation sites excluding steroid dienone is 1. The van der Waals surface area contributed by atoms with Crippen LogP contribution in [0.2, 0.25) is 0 Å². The summed E-state index contributed by atoms with van der Waals surface area (Å²) in [5, 5.41) is 12.3. The topological polar surface area (TPSA) is 49.3 Å². The molecule has 1 saturated carbocycles. The Hall–Kier alpha value is -0.830. The first-order valence-corrected chi connectivity index (χ1v) is 5.80. The molecule has 0 bridgehead atoms. The summed E-state index contributed by atoms with van der Waals surface area (Å²) in [4.78, 5) is 10.9. The highest BCUT2D eigenvalue weighted by molar-refractivity contribution is 5.70. The molecule has 0 aromatic heterocycles. The number of carboxylic acid groups (broad SMARTS) is 1. The molecule has 0 aromatic carbocycles. The Kier molecular flexibility index (Phi) is 5.40. The summed E-state index contributed by atoms with van der Waals surface area (Å²) < 4.78 is 0. The van der Waals surface area contributed by atoms with Crippen molar-refractivity contribution in [3.05, 3.63) is 12.7 Å². The van der Waals surface area contributed by atoms with Crippen molar-refractivity contribution in [2.45, 2.75) is 32.1 Å². The number of hydrogen-bond donors (Lipinski definition) is 2. The molecule has 86 valence electrons. The molecule has 15 heavy (non-hydrogen) atoms. The van der Waals surface area contributed by atoms with Crippen LogP contribution >= 0.6 is 0 Å². The van der Waals surface area contributed by atoms with Crippen LogP contribution in [0.15, 0.2) is 12.7 Å². The molecule has 1 aliphatic carbocycles. The first kappa shape index (κ1) is 12.2. The van der Waals surface area contributed by atoms with Crippen molar-refractivity contribution in [3.8, 4) is 0 Å². The molecule has 0 heterocycles. The normalized spacial score (nSPS) is 25.3. The van der Waals surface area contributed by atoms with E-state index in [1.807, 2.05) is 6.08 Å². The van der Waals surface area contributed by atoms with Crippen molar-refractivity contribution in [1.82, 2.24) is 5.32 Å². The molecule has 1 rings (SSSR count). The van der Waals surface area contributed by atoms with Crippen molar-refractivity contribution in [3.63, 3.8) is 0 Å². The molecular formula is C12H21NO2. The summed E-state index contributed by atoms with van der Waals surface area (Å²) in [6.45, 7) is 5.49. The van der Waals surface area contributed by atoms with E-state index in [0.29, 0.717) is 5.92 Å². The number of carboxylic acids is 1. The number of unbranched alkanes of at least 4 members (excludes halogenated alkanes) is 1. The summed E-state index contributed by atoms with van der Waals surface area (Å²) >= 11 is 0. The van der Waals surface area contributed by atoms with Crippen molar-refractivity contribution >= 4 is 5.97 Å². The average molecular weight is 211 g/mol. The maximum atomic E-state index is 10.9. The van der Waals surface area contributed by atoms with E-state index in [-0.39, 0.29) is 5.92 Å². The Balaban J connectivity index is 2.14. The number of nitrogens with one attached hydrogen (secondary N) is 1. The van der Waals surface area contributed by atoms with Crippen molar-refractivity contribution < 1.29 is 9.90 Å². The van der Waals surface area contributed by atoms with E-state index < -0.39 is 5.97 Å². The molecule has 2 N–H and O–H groups in total. The zero-order valence-corrected chi connectivity index (χ0v) is 9.24. The zero-order valence-electron chi connectivity index (χ0n) is 9.24. The molecule has 3 heteroatoms.